The molecule has 0 radical (unpaired) electrons. The Morgan fingerprint density at radius 1 is 0.389 bits per heavy atom. The van der Waals surface area contributed by atoms with Crippen molar-refractivity contribution in [1.29, 1.82) is 0 Å². The minimum atomic E-state index is -1.69. The van der Waals surface area contributed by atoms with Crippen molar-refractivity contribution < 1.29 is 17.5 Å². The van der Waals surface area contributed by atoms with Gasteiger partial charge in [0.2, 0.25) is 0 Å². The maximum Gasteiger partial charge on any atom is 0.155 e. The minimum Gasteiger partial charge on any atom is -0.306 e. The summed E-state index contributed by atoms with van der Waals surface area (Å²) in [5.74, 6) is 0. The predicted molar refractivity (Wildman–Crippen MR) is 161 cm³/mol. The zero-order valence-corrected chi connectivity index (χ0v) is 25.7. The second kappa shape index (κ2) is 28.2. The summed E-state index contributed by atoms with van der Waals surface area (Å²) in [6.45, 7) is 4.49. The van der Waals surface area contributed by atoms with Crippen LogP contribution in [0, 0.1) is 0 Å². The van der Waals surface area contributed by atoms with Gasteiger partial charge in [-0.25, -0.2) is 8.42 Å². The van der Waals surface area contributed by atoms with E-state index in [1.165, 1.54) is 89.9 Å². The van der Waals surface area contributed by atoms with Gasteiger partial charge in [0.25, 0.3) is 0 Å². The van der Waals surface area contributed by atoms with Crippen LogP contribution in [0.15, 0.2) is 0 Å². The molecule has 0 aromatic carbocycles. The van der Waals surface area contributed by atoms with Gasteiger partial charge >= 0.3 is 0 Å². The van der Waals surface area contributed by atoms with E-state index in [0.29, 0.717) is 0 Å². The van der Waals surface area contributed by atoms with Crippen LogP contribution >= 0.6 is 0 Å². The summed E-state index contributed by atoms with van der Waals surface area (Å²) >= 11 is -3.39. The first kappa shape index (κ1) is 36.2. The third-order valence-electron chi connectivity index (χ3n) is 7.63. The minimum absolute atomic E-state index is 0.0540. The Bertz CT molecular complexity index is 457. The Morgan fingerprint density at radius 2 is 0.583 bits per heavy atom. The maximum atomic E-state index is 11.7. The molecule has 4 nitrogen and oxygen atoms in total. The molecule has 0 saturated heterocycles. The Morgan fingerprint density at radius 3 is 0.778 bits per heavy atom. The van der Waals surface area contributed by atoms with Gasteiger partial charge in [-0.2, -0.15) is 0 Å². The van der Waals surface area contributed by atoms with E-state index in [0.717, 1.165) is 77.0 Å². The van der Waals surface area contributed by atoms with Crippen molar-refractivity contribution in [3.63, 3.8) is 0 Å². The topological polar surface area (TPSA) is 74.6 Å². The number of rotatable bonds is 29. The molecule has 4 unspecified atom stereocenters. The summed E-state index contributed by atoms with van der Waals surface area (Å²) < 4.78 is 42.7. The molecule has 0 amide bonds. The second-order valence-electron chi connectivity index (χ2n) is 11.0. The zero-order valence-electron chi connectivity index (χ0n) is 24.1. The summed E-state index contributed by atoms with van der Waals surface area (Å²) in [6, 6.07) is 0. The third-order valence-corrected chi connectivity index (χ3v) is 9.72. The fraction of sp³-hybridized carbons (Fsp3) is 1.00. The van der Waals surface area contributed by atoms with Gasteiger partial charge in [0, 0.05) is 0 Å². The van der Waals surface area contributed by atoms with Crippen LogP contribution in [-0.2, 0) is 22.2 Å². The molecule has 0 bridgehead atoms. The number of hydrogen-bond donors (Lipinski definition) is 2. The summed E-state index contributed by atoms with van der Waals surface area (Å²) in [6.07, 6.45) is 30.5. The van der Waals surface area contributed by atoms with E-state index in [4.69, 9.17) is 0 Å². The van der Waals surface area contributed by atoms with Gasteiger partial charge in [0.15, 0.2) is 22.2 Å². The molecule has 2 N–H and O–H groups in total. The van der Waals surface area contributed by atoms with Crippen LogP contribution in [0.4, 0.5) is 0 Å². The van der Waals surface area contributed by atoms with Crippen LogP contribution in [-0.4, -0.2) is 28.0 Å². The lowest BCUT2D eigenvalue weighted by molar-refractivity contribution is 0.486. The van der Waals surface area contributed by atoms with E-state index in [1.807, 2.05) is 0 Å². The highest BCUT2D eigenvalue weighted by Gasteiger charge is 2.15. The van der Waals surface area contributed by atoms with Gasteiger partial charge in [0.1, 0.15) is 0 Å². The Labute approximate surface area is 230 Å². The molecule has 0 aliphatic rings. The molecule has 0 aliphatic carbocycles. The summed E-state index contributed by atoms with van der Waals surface area (Å²) in [7, 11) is 0. The Hall–Kier alpha value is 0.220. The van der Waals surface area contributed by atoms with Gasteiger partial charge in [-0.1, -0.05) is 155 Å². The normalized spacial score (nSPS) is 15.1. The molecule has 0 aliphatic heterocycles. The van der Waals surface area contributed by atoms with Crippen molar-refractivity contribution in [2.75, 3.05) is 0 Å². The molecule has 218 valence electrons. The van der Waals surface area contributed by atoms with Crippen LogP contribution in [0.2, 0.25) is 0 Å². The Balaban J connectivity index is 3.71. The highest BCUT2D eigenvalue weighted by molar-refractivity contribution is 7.80. The lowest BCUT2D eigenvalue weighted by atomic mass is 10.0. The van der Waals surface area contributed by atoms with Crippen LogP contribution in [0.25, 0.3) is 0 Å². The van der Waals surface area contributed by atoms with Gasteiger partial charge < -0.3 is 9.11 Å². The van der Waals surface area contributed by atoms with Gasteiger partial charge in [0.05, 0.1) is 10.5 Å². The first-order chi connectivity index (χ1) is 17.5. The van der Waals surface area contributed by atoms with Crippen LogP contribution < -0.4 is 0 Å². The molecule has 0 rings (SSSR count). The number of unbranched alkanes of at least 4 members (excludes halogenated alkanes) is 19. The summed E-state index contributed by atoms with van der Waals surface area (Å²) in [5, 5.41) is -0.108. The molecular weight excluding hydrogens is 488 g/mol. The predicted octanol–water partition coefficient (Wildman–Crippen LogP) is 10.3. The molecule has 0 spiro atoms. The van der Waals surface area contributed by atoms with E-state index in [2.05, 4.69) is 13.8 Å². The molecule has 4 atom stereocenters. The quantitative estimate of drug-likeness (QED) is 0.0717. The molecule has 36 heavy (non-hydrogen) atoms. The lowest BCUT2D eigenvalue weighted by Crippen LogP contribution is -2.14. The molecule has 0 aromatic heterocycles. The zero-order chi connectivity index (χ0) is 26.7. The SMILES string of the molecule is CCCCCCCCCCC(CCCCCCCCC(CCCCCCCCCC)S(=O)O)S(=O)O. The smallest absolute Gasteiger partial charge is 0.155 e. The molecule has 0 fully saturated rings. The summed E-state index contributed by atoms with van der Waals surface area (Å²) in [5.41, 5.74) is 0. The van der Waals surface area contributed by atoms with E-state index in [1.54, 1.807) is 0 Å². The highest BCUT2D eigenvalue weighted by Crippen LogP contribution is 2.20. The lowest BCUT2D eigenvalue weighted by Gasteiger charge is -2.13. The fourth-order valence-corrected chi connectivity index (χ4v) is 6.63. The van der Waals surface area contributed by atoms with Gasteiger partial charge in [-0.15, -0.1) is 0 Å². The first-order valence-corrected chi connectivity index (χ1v) is 18.1. The Kier molecular flexibility index (Phi) is 28.4. The number of hydrogen-bond acceptors (Lipinski definition) is 2. The van der Waals surface area contributed by atoms with Crippen molar-refractivity contribution in [2.24, 2.45) is 0 Å². The van der Waals surface area contributed by atoms with Crippen molar-refractivity contribution in [3.8, 4) is 0 Å². The van der Waals surface area contributed by atoms with Crippen molar-refractivity contribution in [1.82, 2.24) is 0 Å². The monoisotopic (exact) mass is 550 g/mol. The van der Waals surface area contributed by atoms with E-state index in [-0.39, 0.29) is 10.5 Å². The fourth-order valence-electron chi connectivity index (χ4n) is 5.15. The van der Waals surface area contributed by atoms with E-state index in [9.17, 15) is 17.5 Å². The molecule has 0 saturated carbocycles. The average molecular weight is 551 g/mol. The second-order valence-corrected chi connectivity index (χ2v) is 13.5. The van der Waals surface area contributed by atoms with Crippen LogP contribution in [0.3, 0.4) is 0 Å². The molecular formula is C30H62O4S2. The van der Waals surface area contributed by atoms with Crippen molar-refractivity contribution in [2.45, 2.75) is 191 Å². The van der Waals surface area contributed by atoms with Crippen molar-refractivity contribution >= 4 is 22.2 Å². The van der Waals surface area contributed by atoms with E-state index >= 15 is 0 Å². The highest BCUT2D eigenvalue weighted by atomic mass is 32.2. The van der Waals surface area contributed by atoms with Gasteiger partial charge in [-0.3, -0.25) is 0 Å². The van der Waals surface area contributed by atoms with Crippen molar-refractivity contribution in [3.05, 3.63) is 0 Å². The third kappa shape index (κ3) is 24.6. The molecule has 0 heterocycles. The maximum absolute atomic E-state index is 11.7. The van der Waals surface area contributed by atoms with E-state index < -0.39 is 22.2 Å². The van der Waals surface area contributed by atoms with Crippen LogP contribution in [0.5, 0.6) is 0 Å². The average Bonchev–Trinajstić information content (AvgIpc) is 2.85. The standard InChI is InChI=1S/C30H62O4S2/c1-3-5-7-9-11-13-17-21-25-29(35(31)32)27-23-19-15-16-20-24-28-30(36(33)34)26-22-18-14-12-10-8-6-4-2/h29-30H,3-28H2,1-2H3,(H,31,32)(H,33,34). The molecule has 0 aromatic rings. The molecule has 6 heteroatoms. The van der Waals surface area contributed by atoms with Gasteiger partial charge in [-0.05, 0) is 25.7 Å². The van der Waals surface area contributed by atoms with Crippen LogP contribution in [0.1, 0.15) is 181 Å². The summed E-state index contributed by atoms with van der Waals surface area (Å²) in [4.78, 5) is 0. The first-order valence-electron chi connectivity index (χ1n) is 15.7. The largest absolute Gasteiger partial charge is 0.306 e.